The quantitative estimate of drug-likeness (QED) is 0.783. The number of aromatic amines is 1. The lowest BCUT2D eigenvalue weighted by Gasteiger charge is -2.12. The van der Waals surface area contributed by atoms with Crippen LogP contribution in [-0.4, -0.2) is 4.98 Å². The molecule has 0 aliphatic rings. The van der Waals surface area contributed by atoms with Gasteiger partial charge < -0.3 is 9.72 Å². The maximum atomic E-state index is 12.0. The molecule has 0 bridgehead atoms. The molecular weight excluding hydrogens is 312 g/mol. The Morgan fingerprint density at radius 3 is 2.52 bits per heavy atom. The van der Waals surface area contributed by atoms with Crippen LogP contribution in [0.1, 0.15) is 22.4 Å². The zero-order valence-corrected chi connectivity index (χ0v) is 14.2. The fraction of sp³-hybridized carbons (Fsp3) is 0.143. The molecular formula is C21H18N2O2. The van der Waals surface area contributed by atoms with Crippen molar-refractivity contribution in [2.24, 2.45) is 0 Å². The first-order valence-corrected chi connectivity index (χ1v) is 8.00. The highest BCUT2D eigenvalue weighted by molar-refractivity contribution is 5.71. The molecule has 4 heteroatoms. The standard InChI is InChI=1S/C21H18N2O2/c1-14-10-17(18-11-15(2)23-21(24)19(18)12-22)8-9-20(14)25-13-16-6-4-3-5-7-16/h3-11H,13H2,1-2H3,(H,23,24). The van der Waals surface area contributed by atoms with E-state index in [9.17, 15) is 10.1 Å². The van der Waals surface area contributed by atoms with Gasteiger partial charge in [-0.2, -0.15) is 5.26 Å². The highest BCUT2D eigenvalue weighted by Crippen LogP contribution is 2.28. The van der Waals surface area contributed by atoms with Gasteiger partial charge >= 0.3 is 0 Å². The van der Waals surface area contributed by atoms with Gasteiger partial charge in [-0.3, -0.25) is 4.79 Å². The van der Waals surface area contributed by atoms with Crippen LogP contribution in [0.2, 0.25) is 0 Å². The maximum absolute atomic E-state index is 12.0. The van der Waals surface area contributed by atoms with E-state index in [1.165, 1.54) is 0 Å². The van der Waals surface area contributed by atoms with E-state index in [4.69, 9.17) is 4.74 Å². The largest absolute Gasteiger partial charge is 0.489 e. The van der Waals surface area contributed by atoms with Crippen molar-refractivity contribution < 1.29 is 4.74 Å². The van der Waals surface area contributed by atoms with E-state index in [1.807, 2.05) is 67.6 Å². The summed E-state index contributed by atoms with van der Waals surface area (Å²) >= 11 is 0. The van der Waals surface area contributed by atoms with Crippen LogP contribution in [0.4, 0.5) is 0 Å². The minimum atomic E-state index is -0.362. The second-order valence-electron chi connectivity index (χ2n) is 5.94. The van der Waals surface area contributed by atoms with Gasteiger partial charge in [0.1, 0.15) is 24.0 Å². The van der Waals surface area contributed by atoms with E-state index < -0.39 is 0 Å². The first-order chi connectivity index (χ1) is 12.1. The van der Waals surface area contributed by atoms with Gasteiger partial charge in [0.2, 0.25) is 0 Å². The van der Waals surface area contributed by atoms with Gasteiger partial charge in [0.15, 0.2) is 0 Å². The number of nitrogens with zero attached hydrogens (tertiary/aromatic N) is 1. The predicted octanol–water partition coefficient (Wildman–Crippen LogP) is 4.11. The summed E-state index contributed by atoms with van der Waals surface area (Å²) < 4.78 is 5.88. The molecule has 3 aromatic rings. The molecule has 1 aromatic heterocycles. The molecule has 0 amide bonds. The minimum absolute atomic E-state index is 0.128. The van der Waals surface area contributed by atoms with E-state index in [-0.39, 0.29) is 11.1 Å². The number of rotatable bonds is 4. The number of H-pyrrole nitrogens is 1. The van der Waals surface area contributed by atoms with Gasteiger partial charge in [-0.25, -0.2) is 0 Å². The Kier molecular flexibility index (Phi) is 4.67. The first-order valence-electron chi connectivity index (χ1n) is 8.00. The summed E-state index contributed by atoms with van der Waals surface area (Å²) in [7, 11) is 0. The summed E-state index contributed by atoms with van der Waals surface area (Å²) in [6.07, 6.45) is 0. The second kappa shape index (κ2) is 7.06. The van der Waals surface area contributed by atoms with Crippen molar-refractivity contribution >= 4 is 0 Å². The number of hydrogen-bond donors (Lipinski definition) is 1. The topological polar surface area (TPSA) is 65.9 Å². The van der Waals surface area contributed by atoms with E-state index in [1.54, 1.807) is 6.92 Å². The molecule has 1 heterocycles. The predicted molar refractivity (Wildman–Crippen MR) is 97.5 cm³/mol. The van der Waals surface area contributed by atoms with Gasteiger partial charge in [-0.15, -0.1) is 0 Å². The van der Waals surface area contributed by atoms with Crippen molar-refractivity contribution in [2.75, 3.05) is 0 Å². The number of hydrogen-bond acceptors (Lipinski definition) is 3. The molecule has 124 valence electrons. The average molecular weight is 330 g/mol. The lowest BCUT2D eigenvalue weighted by Crippen LogP contribution is -2.12. The Balaban J connectivity index is 1.90. The molecule has 0 aliphatic heterocycles. The molecule has 25 heavy (non-hydrogen) atoms. The lowest BCUT2D eigenvalue weighted by atomic mass is 9.99. The minimum Gasteiger partial charge on any atom is -0.489 e. The summed E-state index contributed by atoms with van der Waals surface area (Å²) in [4.78, 5) is 14.6. The molecule has 0 saturated carbocycles. The number of aromatic nitrogens is 1. The van der Waals surface area contributed by atoms with Crippen LogP contribution in [0.15, 0.2) is 59.4 Å². The van der Waals surface area contributed by atoms with Crippen molar-refractivity contribution in [2.45, 2.75) is 20.5 Å². The van der Waals surface area contributed by atoms with Crippen molar-refractivity contribution in [3.63, 3.8) is 0 Å². The zero-order chi connectivity index (χ0) is 17.8. The van der Waals surface area contributed by atoms with Gasteiger partial charge in [-0.05, 0) is 48.7 Å². The smallest absolute Gasteiger partial charge is 0.266 e. The van der Waals surface area contributed by atoms with Crippen LogP contribution in [-0.2, 0) is 6.61 Å². The zero-order valence-electron chi connectivity index (χ0n) is 14.2. The highest BCUT2D eigenvalue weighted by Gasteiger charge is 2.11. The Labute approximate surface area is 146 Å². The molecule has 0 spiro atoms. The molecule has 3 rings (SSSR count). The van der Waals surface area contributed by atoms with E-state index in [2.05, 4.69) is 4.98 Å². The van der Waals surface area contributed by atoms with E-state index in [0.717, 1.165) is 28.1 Å². The fourth-order valence-corrected chi connectivity index (χ4v) is 2.74. The van der Waals surface area contributed by atoms with Gasteiger partial charge in [0, 0.05) is 11.3 Å². The second-order valence-corrected chi connectivity index (χ2v) is 5.94. The van der Waals surface area contributed by atoms with Crippen molar-refractivity contribution in [1.82, 2.24) is 4.98 Å². The van der Waals surface area contributed by atoms with Gasteiger partial charge in [-0.1, -0.05) is 36.4 Å². The summed E-state index contributed by atoms with van der Waals surface area (Å²) in [6, 6.07) is 19.5. The van der Waals surface area contributed by atoms with Crippen LogP contribution in [0, 0.1) is 25.2 Å². The Bertz CT molecular complexity index is 999. The van der Waals surface area contributed by atoms with E-state index in [0.29, 0.717) is 12.2 Å². The third-order valence-electron chi connectivity index (χ3n) is 4.00. The Hall–Kier alpha value is -3.32. The lowest BCUT2D eigenvalue weighted by molar-refractivity contribution is 0.304. The number of nitrogens with one attached hydrogen (secondary N) is 1. The molecule has 0 unspecified atom stereocenters. The maximum Gasteiger partial charge on any atom is 0.266 e. The highest BCUT2D eigenvalue weighted by atomic mass is 16.5. The number of pyridine rings is 1. The van der Waals surface area contributed by atoms with Crippen molar-refractivity contribution in [3.05, 3.63) is 87.3 Å². The van der Waals surface area contributed by atoms with Crippen LogP contribution >= 0.6 is 0 Å². The SMILES string of the molecule is Cc1cc(-c2ccc(OCc3ccccc3)c(C)c2)c(C#N)c(=O)[nH]1. The summed E-state index contributed by atoms with van der Waals surface area (Å²) in [5, 5.41) is 9.29. The fourth-order valence-electron chi connectivity index (χ4n) is 2.74. The van der Waals surface area contributed by atoms with Crippen LogP contribution < -0.4 is 10.3 Å². The van der Waals surface area contributed by atoms with Crippen molar-refractivity contribution in [3.8, 4) is 22.9 Å². The van der Waals surface area contributed by atoms with Gasteiger partial charge in [0.25, 0.3) is 5.56 Å². The third kappa shape index (κ3) is 3.61. The molecule has 0 radical (unpaired) electrons. The molecule has 2 aromatic carbocycles. The molecule has 0 saturated heterocycles. The third-order valence-corrected chi connectivity index (χ3v) is 4.00. The first kappa shape index (κ1) is 16.5. The Morgan fingerprint density at radius 1 is 1.08 bits per heavy atom. The molecule has 0 atom stereocenters. The number of benzene rings is 2. The monoisotopic (exact) mass is 330 g/mol. The number of ether oxygens (including phenoxy) is 1. The van der Waals surface area contributed by atoms with Crippen LogP contribution in [0.25, 0.3) is 11.1 Å². The average Bonchev–Trinajstić information content (AvgIpc) is 2.61. The molecule has 1 N–H and O–H groups in total. The number of aryl methyl sites for hydroxylation is 2. The van der Waals surface area contributed by atoms with Crippen molar-refractivity contribution in [1.29, 1.82) is 5.26 Å². The summed E-state index contributed by atoms with van der Waals surface area (Å²) in [6.45, 7) is 4.25. The normalized spacial score (nSPS) is 10.3. The van der Waals surface area contributed by atoms with Gasteiger partial charge in [0.05, 0.1) is 0 Å². The Morgan fingerprint density at radius 2 is 1.84 bits per heavy atom. The molecule has 0 fully saturated rings. The molecule has 4 nitrogen and oxygen atoms in total. The van der Waals surface area contributed by atoms with Crippen LogP contribution in [0.5, 0.6) is 5.75 Å². The summed E-state index contributed by atoms with van der Waals surface area (Å²) in [5.41, 5.74) is 4.01. The summed E-state index contributed by atoms with van der Waals surface area (Å²) in [5.74, 6) is 0.785. The van der Waals surface area contributed by atoms with E-state index >= 15 is 0 Å². The van der Waals surface area contributed by atoms with Crippen LogP contribution in [0.3, 0.4) is 0 Å². The number of nitriles is 1. The molecule has 0 aliphatic carbocycles.